The smallest absolute Gasteiger partial charge is 0.229 e. The van der Waals surface area contributed by atoms with Crippen LogP contribution in [-0.4, -0.2) is 20.7 Å². The highest BCUT2D eigenvalue weighted by Crippen LogP contribution is 2.23. The highest BCUT2D eigenvalue weighted by Gasteiger charge is 2.19. The van der Waals surface area contributed by atoms with E-state index in [0.29, 0.717) is 11.7 Å². The molecule has 0 heterocycles. The molecule has 0 fully saturated rings. The third kappa shape index (κ3) is 4.96. The molecule has 1 rings (SSSR count). The van der Waals surface area contributed by atoms with Gasteiger partial charge in [0, 0.05) is 17.4 Å². The Kier molecular flexibility index (Phi) is 4.27. The molecule has 2 N–H and O–H groups in total. The molecule has 1 aromatic rings. The summed E-state index contributed by atoms with van der Waals surface area (Å²) in [6.45, 7) is 8.64. The van der Waals surface area contributed by atoms with Crippen LogP contribution in [0.15, 0.2) is 24.3 Å². The van der Waals surface area contributed by atoms with Crippen LogP contribution in [-0.2, 0) is 10.0 Å². The van der Waals surface area contributed by atoms with Crippen LogP contribution in [0.4, 0.5) is 11.4 Å². The lowest BCUT2D eigenvalue weighted by Crippen LogP contribution is -2.30. The van der Waals surface area contributed by atoms with Crippen molar-refractivity contribution in [3.63, 3.8) is 0 Å². The van der Waals surface area contributed by atoms with Crippen LogP contribution in [0.3, 0.4) is 0 Å². The van der Waals surface area contributed by atoms with Crippen molar-refractivity contribution in [1.82, 2.24) is 0 Å². The van der Waals surface area contributed by atoms with Crippen molar-refractivity contribution in [3.8, 4) is 0 Å². The third-order valence-electron chi connectivity index (χ3n) is 2.87. The molecule has 18 heavy (non-hydrogen) atoms. The van der Waals surface area contributed by atoms with E-state index in [-0.39, 0.29) is 5.41 Å². The zero-order chi connectivity index (χ0) is 14.0. The lowest BCUT2D eigenvalue weighted by molar-refractivity contribution is 0.359. The molecule has 0 aliphatic carbocycles. The highest BCUT2D eigenvalue weighted by atomic mass is 32.2. The molecule has 5 heteroatoms. The Morgan fingerprint density at radius 3 is 1.89 bits per heavy atom. The molecule has 0 radical (unpaired) electrons. The van der Waals surface area contributed by atoms with E-state index in [1.54, 1.807) is 12.1 Å². The van der Waals surface area contributed by atoms with Crippen molar-refractivity contribution in [1.29, 1.82) is 0 Å². The van der Waals surface area contributed by atoms with Crippen molar-refractivity contribution in [2.24, 2.45) is 5.41 Å². The molecule has 0 aliphatic rings. The minimum absolute atomic E-state index is 0.170. The summed E-state index contributed by atoms with van der Waals surface area (Å²) < 4.78 is 24.6. The number of sulfonamides is 1. The second-order valence-corrected chi connectivity index (χ2v) is 7.43. The largest absolute Gasteiger partial charge is 0.382 e. The van der Waals surface area contributed by atoms with E-state index in [9.17, 15) is 8.42 Å². The molecule has 0 saturated heterocycles. The van der Waals surface area contributed by atoms with Crippen LogP contribution in [0.1, 0.15) is 27.7 Å². The molecule has 0 bridgehead atoms. The number of hydrogen-bond acceptors (Lipinski definition) is 3. The van der Waals surface area contributed by atoms with Gasteiger partial charge in [-0.3, -0.25) is 4.72 Å². The molecular weight excluding hydrogens is 248 g/mol. The Morgan fingerprint density at radius 2 is 1.50 bits per heavy atom. The van der Waals surface area contributed by atoms with E-state index in [0.717, 1.165) is 11.9 Å². The van der Waals surface area contributed by atoms with Gasteiger partial charge in [-0.15, -0.1) is 0 Å². The van der Waals surface area contributed by atoms with Gasteiger partial charge in [0.25, 0.3) is 0 Å². The minimum atomic E-state index is -3.21. The van der Waals surface area contributed by atoms with Gasteiger partial charge in [0.1, 0.15) is 0 Å². The Morgan fingerprint density at radius 1 is 1.06 bits per heavy atom. The average molecular weight is 270 g/mol. The van der Waals surface area contributed by atoms with Crippen molar-refractivity contribution in [2.75, 3.05) is 16.3 Å². The summed E-state index contributed by atoms with van der Waals surface area (Å²) in [5, 5.41) is 3.39. The summed E-state index contributed by atoms with van der Waals surface area (Å²) in [5.41, 5.74) is 1.73. The van der Waals surface area contributed by atoms with E-state index >= 15 is 0 Å². The number of anilines is 2. The highest BCUT2D eigenvalue weighted by molar-refractivity contribution is 7.92. The van der Waals surface area contributed by atoms with Crippen LogP contribution in [0.25, 0.3) is 0 Å². The maximum Gasteiger partial charge on any atom is 0.229 e. The SMILES string of the molecule is CC(Nc1ccc(NS(C)(=O)=O)cc1)C(C)(C)C. The van der Waals surface area contributed by atoms with E-state index in [4.69, 9.17) is 0 Å². The van der Waals surface area contributed by atoms with E-state index in [1.165, 1.54) is 0 Å². The second-order valence-electron chi connectivity index (χ2n) is 5.68. The van der Waals surface area contributed by atoms with Crippen molar-refractivity contribution < 1.29 is 8.42 Å². The standard InChI is InChI=1S/C13H22N2O2S/c1-10(13(2,3)4)14-11-6-8-12(9-7-11)15-18(5,16)17/h6-10,14-15H,1-5H3. The van der Waals surface area contributed by atoms with Gasteiger partial charge in [0.15, 0.2) is 0 Å². The second kappa shape index (κ2) is 5.18. The van der Waals surface area contributed by atoms with Gasteiger partial charge in [0.2, 0.25) is 10.0 Å². The van der Waals surface area contributed by atoms with Gasteiger partial charge in [-0.1, -0.05) is 20.8 Å². The normalized spacial score (nSPS) is 14.1. The average Bonchev–Trinajstić information content (AvgIpc) is 2.17. The maximum atomic E-state index is 11.1. The lowest BCUT2D eigenvalue weighted by atomic mass is 9.88. The van der Waals surface area contributed by atoms with Crippen LogP contribution < -0.4 is 10.0 Å². The fourth-order valence-electron chi connectivity index (χ4n) is 1.32. The first-order valence-electron chi connectivity index (χ1n) is 5.92. The van der Waals surface area contributed by atoms with Gasteiger partial charge in [-0.25, -0.2) is 8.42 Å². The van der Waals surface area contributed by atoms with E-state index < -0.39 is 10.0 Å². The predicted molar refractivity (Wildman–Crippen MR) is 77.4 cm³/mol. The summed E-state index contributed by atoms with van der Waals surface area (Å²) in [5.74, 6) is 0. The quantitative estimate of drug-likeness (QED) is 0.884. The molecule has 0 spiro atoms. The van der Waals surface area contributed by atoms with E-state index in [1.807, 2.05) is 12.1 Å². The maximum absolute atomic E-state index is 11.1. The Bertz CT molecular complexity index is 487. The van der Waals surface area contributed by atoms with Gasteiger partial charge in [0.05, 0.1) is 6.26 Å². The van der Waals surface area contributed by atoms with E-state index in [2.05, 4.69) is 37.7 Å². The number of hydrogen-bond donors (Lipinski definition) is 2. The molecule has 1 aromatic carbocycles. The molecule has 4 nitrogen and oxygen atoms in total. The van der Waals surface area contributed by atoms with Crippen LogP contribution in [0.2, 0.25) is 0 Å². The summed E-state index contributed by atoms with van der Waals surface area (Å²) >= 11 is 0. The molecule has 1 unspecified atom stereocenters. The molecule has 0 saturated carbocycles. The van der Waals surface area contributed by atoms with Crippen LogP contribution in [0, 0.1) is 5.41 Å². The van der Waals surface area contributed by atoms with Crippen molar-refractivity contribution in [3.05, 3.63) is 24.3 Å². The first kappa shape index (κ1) is 14.8. The third-order valence-corrected chi connectivity index (χ3v) is 3.48. The molecule has 0 amide bonds. The first-order valence-corrected chi connectivity index (χ1v) is 7.81. The fraction of sp³-hybridized carbons (Fsp3) is 0.538. The minimum Gasteiger partial charge on any atom is -0.382 e. The number of nitrogens with one attached hydrogen (secondary N) is 2. The topological polar surface area (TPSA) is 58.2 Å². The number of rotatable bonds is 4. The van der Waals surface area contributed by atoms with Crippen LogP contribution in [0.5, 0.6) is 0 Å². The molecular formula is C13H22N2O2S. The van der Waals surface area contributed by atoms with Crippen molar-refractivity contribution in [2.45, 2.75) is 33.7 Å². The Balaban J connectivity index is 2.72. The summed E-state index contributed by atoms with van der Waals surface area (Å²) in [6.07, 6.45) is 1.14. The Labute approximate surface area is 110 Å². The zero-order valence-corrected chi connectivity index (χ0v) is 12.4. The zero-order valence-electron chi connectivity index (χ0n) is 11.6. The first-order chi connectivity index (χ1) is 8.08. The monoisotopic (exact) mass is 270 g/mol. The molecule has 102 valence electrons. The molecule has 1 atom stereocenters. The summed E-state index contributed by atoms with van der Waals surface area (Å²) in [4.78, 5) is 0. The molecule has 0 aromatic heterocycles. The fourth-order valence-corrected chi connectivity index (χ4v) is 1.88. The van der Waals surface area contributed by atoms with Gasteiger partial charge in [-0.05, 0) is 36.6 Å². The number of benzene rings is 1. The van der Waals surface area contributed by atoms with Gasteiger partial charge >= 0.3 is 0 Å². The van der Waals surface area contributed by atoms with Gasteiger partial charge < -0.3 is 5.32 Å². The Hall–Kier alpha value is -1.23. The predicted octanol–water partition coefficient (Wildman–Crippen LogP) is 2.90. The lowest BCUT2D eigenvalue weighted by Gasteiger charge is -2.29. The molecule has 0 aliphatic heterocycles. The van der Waals surface area contributed by atoms with Crippen LogP contribution >= 0.6 is 0 Å². The van der Waals surface area contributed by atoms with Gasteiger partial charge in [-0.2, -0.15) is 0 Å². The summed E-state index contributed by atoms with van der Waals surface area (Å²) in [7, 11) is -3.21. The summed E-state index contributed by atoms with van der Waals surface area (Å²) in [6, 6.07) is 7.56. The van der Waals surface area contributed by atoms with Crippen molar-refractivity contribution >= 4 is 21.4 Å².